The zero-order chi connectivity index (χ0) is 20.1. The van der Waals surface area contributed by atoms with Crippen molar-refractivity contribution >= 4 is 11.6 Å². The van der Waals surface area contributed by atoms with Crippen molar-refractivity contribution in [2.45, 2.75) is 19.4 Å². The second-order valence-corrected chi connectivity index (χ2v) is 7.41. The molecule has 1 aliphatic rings. The molecule has 1 N–H and O–H groups in total. The van der Waals surface area contributed by atoms with Gasteiger partial charge in [0.05, 0.1) is 18.7 Å². The van der Waals surface area contributed by atoms with Crippen LogP contribution in [0.1, 0.15) is 18.4 Å². The smallest absolute Gasteiger partial charge is 0.228 e. The van der Waals surface area contributed by atoms with Gasteiger partial charge in [-0.1, -0.05) is 18.2 Å². The van der Waals surface area contributed by atoms with Crippen molar-refractivity contribution in [2.75, 3.05) is 25.5 Å². The Bertz CT molecular complexity index is 938. The van der Waals surface area contributed by atoms with E-state index in [0.717, 1.165) is 49.6 Å². The second-order valence-electron chi connectivity index (χ2n) is 7.41. The zero-order valence-corrected chi connectivity index (χ0v) is 16.6. The van der Waals surface area contributed by atoms with E-state index < -0.39 is 0 Å². The summed E-state index contributed by atoms with van der Waals surface area (Å²) >= 11 is 0. The average Bonchev–Trinajstić information content (AvgIpc) is 3.30. The molecule has 1 aliphatic heterocycles. The molecule has 0 radical (unpaired) electrons. The van der Waals surface area contributed by atoms with Crippen molar-refractivity contribution in [2.24, 2.45) is 5.92 Å². The molecule has 3 aromatic rings. The molecule has 2 aromatic carbocycles. The molecule has 6 heteroatoms. The van der Waals surface area contributed by atoms with Gasteiger partial charge in [0.15, 0.2) is 0 Å². The third-order valence-electron chi connectivity index (χ3n) is 5.32. The van der Waals surface area contributed by atoms with Crippen LogP contribution in [0.3, 0.4) is 0 Å². The molecule has 0 aliphatic carbocycles. The van der Waals surface area contributed by atoms with Gasteiger partial charge in [0.2, 0.25) is 5.91 Å². The van der Waals surface area contributed by atoms with E-state index in [4.69, 9.17) is 4.74 Å². The molecule has 1 atom stereocenters. The summed E-state index contributed by atoms with van der Waals surface area (Å²) in [5, 5.41) is 7.34. The Kier molecular flexibility index (Phi) is 5.91. The van der Waals surface area contributed by atoms with Crippen LogP contribution >= 0.6 is 0 Å². The average molecular weight is 390 g/mol. The van der Waals surface area contributed by atoms with E-state index in [1.54, 1.807) is 18.0 Å². The molecule has 1 saturated heterocycles. The Balaban J connectivity index is 1.36. The highest BCUT2D eigenvalue weighted by Crippen LogP contribution is 2.22. The van der Waals surface area contributed by atoms with Gasteiger partial charge in [0.25, 0.3) is 0 Å². The molecule has 6 nitrogen and oxygen atoms in total. The first kappa shape index (κ1) is 19.2. The summed E-state index contributed by atoms with van der Waals surface area (Å²) in [5.74, 6) is 0.944. The standard InChI is InChI=1S/C23H26N4O2/c1-29-22-10-8-18(9-11-22)16-26-13-3-5-19(17-26)23(28)25-20-6-2-7-21(15-20)27-14-4-12-24-27/h2,4,6-12,14-15,19H,3,5,13,16-17H2,1H3,(H,25,28)/t19-/m0/s1. The number of carbonyl (C=O) groups is 1. The van der Waals surface area contributed by atoms with Crippen molar-refractivity contribution in [3.63, 3.8) is 0 Å². The van der Waals surface area contributed by atoms with E-state index in [0.29, 0.717) is 0 Å². The number of amides is 1. The third-order valence-corrected chi connectivity index (χ3v) is 5.32. The van der Waals surface area contributed by atoms with Crippen molar-refractivity contribution in [3.05, 3.63) is 72.6 Å². The molecule has 0 spiro atoms. The second kappa shape index (κ2) is 8.92. The van der Waals surface area contributed by atoms with Crippen LogP contribution in [0.4, 0.5) is 5.69 Å². The SMILES string of the molecule is COc1ccc(CN2CCC[C@H](C(=O)Nc3cccc(-n4cccn4)c3)C2)cc1. The molecule has 0 unspecified atom stereocenters. The van der Waals surface area contributed by atoms with E-state index in [-0.39, 0.29) is 11.8 Å². The van der Waals surface area contributed by atoms with Gasteiger partial charge < -0.3 is 10.1 Å². The van der Waals surface area contributed by atoms with E-state index in [9.17, 15) is 4.79 Å². The van der Waals surface area contributed by atoms with Crippen molar-refractivity contribution < 1.29 is 9.53 Å². The number of ether oxygens (including phenoxy) is 1. The lowest BCUT2D eigenvalue weighted by molar-refractivity contribution is -0.121. The minimum absolute atomic E-state index is 0.00430. The normalized spacial score (nSPS) is 17.1. The Labute approximate surface area is 171 Å². The lowest BCUT2D eigenvalue weighted by Gasteiger charge is -2.32. The summed E-state index contributed by atoms with van der Waals surface area (Å²) in [7, 11) is 1.67. The predicted octanol–water partition coefficient (Wildman–Crippen LogP) is 3.73. The molecule has 150 valence electrons. The molecule has 29 heavy (non-hydrogen) atoms. The van der Waals surface area contributed by atoms with Gasteiger partial charge in [-0.3, -0.25) is 9.69 Å². The number of nitrogens with one attached hydrogen (secondary N) is 1. The van der Waals surface area contributed by atoms with Crippen LogP contribution in [-0.2, 0) is 11.3 Å². The summed E-state index contributed by atoms with van der Waals surface area (Å²) in [4.78, 5) is 15.2. The van der Waals surface area contributed by atoms with Crippen molar-refractivity contribution in [3.8, 4) is 11.4 Å². The van der Waals surface area contributed by atoms with Gasteiger partial charge in [0, 0.05) is 31.2 Å². The fourth-order valence-corrected chi connectivity index (χ4v) is 3.79. The van der Waals surface area contributed by atoms with Crippen LogP contribution in [0.2, 0.25) is 0 Å². The minimum atomic E-state index is -0.00430. The monoisotopic (exact) mass is 390 g/mol. The first-order valence-corrected chi connectivity index (χ1v) is 9.97. The lowest BCUT2D eigenvalue weighted by atomic mass is 9.96. The zero-order valence-electron chi connectivity index (χ0n) is 16.6. The van der Waals surface area contributed by atoms with Gasteiger partial charge >= 0.3 is 0 Å². The van der Waals surface area contributed by atoms with Gasteiger partial charge in [-0.25, -0.2) is 4.68 Å². The number of piperidine rings is 1. The van der Waals surface area contributed by atoms with E-state index in [2.05, 4.69) is 27.4 Å². The Morgan fingerprint density at radius 1 is 1.21 bits per heavy atom. The Hall–Kier alpha value is -3.12. The first-order valence-electron chi connectivity index (χ1n) is 9.97. The largest absolute Gasteiger partial charge is 0.497 e. The molecule has 4 rings (SSSR count). The molecule has 1 amide bonds. The van der Waals surface area contributed by atoms with Crippen LogP contribution in [0, 0.1) is 5.92 Å². The van der Waals surface area contributed by atoms with Crippen molar-refractivity contribution in [1.82, 2.24) is 14.7 Å². The van der Waals surface area contributed by atoms with Crippen molar-refractivity contribution in [1.29, 1.82) is 0 Å². The van der Waals surface area contributed by atoms with Crippen LogP contribution < -0.4 is 10.1 Å². The topological polar surface area (TPSA) is 59.4 Å². The van der Waals surface area contributed by atoms with Gasteiger partial charge in [-0.05, 0) is 61.3 Å². The number of anilines is 1. The number of hydrogen-bond donors (Lipinski definition) is 1. The summed E-state index contributed by atoms with van der Waals surface area (Å²) in [6.45, 7) is 2.64. The predicted molar refractivity (Wildman–Crippen MR) is 113 cm³/mol. The quantitative estimate of drug-likeness (QED) is 0.697. The van der Waals surface area contributed by atoms with Gasteiger partial charge in [-0.15, -0.1) is 0 Å². The van der Waals surface area contributed by atoms with Crippen LogP contribution in [-0.4, -0.2) is 40.8 Å². The third kappa shape index (κ3) is 4.84. The first-order chi connectivity index (χ1) is 14.2. The fourth-order valence-electron chi connectivity index (χ4n) is 3.79. The number of benzene rings is 2. The summed E-state index contributed by atoms with van der Waals surface area (Å²) in [6, 6.07) is 17.8. The molecular formula is C23H26N4O2. The Morgan fingerprint density at radius 2 is 2.07 bits per heavy atom. The number of rotatable bonds is 6. The minimum Gasteiger partial charge on any atom is -0.497 e. The summed E-state index contributed by atoms with van der Waals surface area (Å²) < 4.78 is 7.01. The summed E-state index contributed by atoms with van der Waals surface area (Å²) in [5.41, 5.74) is 2.96. The molecular weight excluding hydrogens is 364 g/mol. The van der Waals surface area contributed by atoms with Crippen LogP contribution in [0.5, 0.6) is 5.75 Å². The lowest BCUT2D eigenvalue weighted by Crippen LogP contribution is -2.40. The number of hydrogen-bond acceptors (Lipinski definition) is 4. The summed E-state index contributed by atoms with van der Waals surface area (Å²) in [6.07, 6.45) is 5.58. The maximum absolute atomic E-state index is 12.9. The molecule has 2 heterocycles. The fraction of sp³-hybridized carbons (Fsp3) is 0.304. The maximum atomic E-state index is 12.9. The molecule has 0 bridgehead atoms. The highest BCUT2D eigenvalue weighted by molar-refractivity contribution is 5.93. The maximum Gasteiger partial charge on any atom is 0.228 e. The highest BCUT2D eigenvalue weighted by atomic mass is 16.5. The number of nitrogens with zero attached hydrogens (tertiary/aromatic N) is 3. The number of carbonyl (C=O) groups excluding carboxylic acids is 1. The van der Waals surface area contributed by atoms with E-state index in [1.165, 1.54) is 5.56 Å². The Morgan fingerprint density at radius 3 is 2.83 bits per heavy atom. The number of likely N-dealkylation sites (tertiary alicyclic amines) is 1. The number of aromatic nitrogens is 2. The van der Waals surface area contributed by atoms with Crippen LogP contribution in [0.25, 0.3) is 5.69 Å². The van der Waals surface area contributed by atoms with Gasteiger partial charge in [0.1, 0.15) is 5.75 Å². The van der Waals surface area contributed by atoms with Gasteiger partial charge in [-0.2, -0.15) is 5.10 Å². The molecule has 1 aromatic heterocycles. The molecule has 1 fully saturated rings. The number of methoxy groups -OCH3 is 1. The van der Waals surface area contributed by atoms with E-state index >= 15 is 0 Å². The molecule has 0 saturated carbocycles. The van der Waals surface area contributed by atoms with Crippen LogP contribution in [0.15, 0.2) is 67.0 Å². The highest BCUT2D eigenvalue weighted by Gasteiger charge is 2.26. The van der Waals surface area contributed by atoms with E-state index in [1.807, 2.05) is 48.7 Å².